The summed E-state index contributed by atoms with van der Waals surface area (Å²) >= 11 is 1.96. The Bertz CT molecular complexity index is 706. The molecule has 4 rings (SSSR count). The van der Waals surface area contributed by atoms with Crippen molar-refractivity contribution >= 4 is 17.8 Å². The minimum absolute atomic E-state index is 0.116. The number of benzene rings is 2. The fourth-order valence-corrected chi connectivity index (χ4v) is 5.24. The van der Waals surface area contributed by atoms with E-state index >= 15 is 0 Å². The topological polar surface area (TPSA) is 23.6 Å². The minimum atomic E-state index is 0.116. The van der Waals surface area contributed by atoms with E-state index in [-0.39, 0.29) is 12.1 Å². The van der Waals surface area contributed by atoms with Crippen LogP contribution in [0.4, 0.5) is 4.79 Å². The van der Waals surface area contributed by atoms with E-state index in [1.807, 2.05) is 36.0 Å². The van der Waals surface area contributed by atoms with Gasteiger partial charge in [-0.25, -0.2) is 4.79 Å². The second kappa shape index (κ2) is 6.52. The molecule has 0 saturated carbocycles. The monoisotopic (exact) mass is 338 g/mol. The highest BCUT2D eigenvalue weighted by molar-refractivity contribution is 7.99. The highest BCUT2D eigenvalue weighted by Gasteiger charge is 2.50. The Morgan fingerprint density at radius 3 is 2.33 bits per heavy atom. The van der Waals surface area contributed by atoms with Gasteiger partial charge >= 0.3 is 6.03 Å². The molecule has 3 nitrogen and oxygen atoms in total. The summed E-state index contributed by atoms with van der Waals surface area (Å²) in [7, 11) is 0. The van der Waals surface area contributed by atoms with Crippen LogP contribution >= 0.6 is 11.8 Å². The summed E-state index contributed by atoms with van der Waals surface area (Å²) in [5.74, 6) is 2.08. The molecule has 124 valence electrons. The van der Waals surface area contributed by atoms with E-state index in [1.165, 1.54) is 11.1 Å². The van der Waals surface area contributed by atoms with Gasteiger partial charge in [-0.1, -0.05) is 60.7 Å². The summed E-state index contributed by atoms with van der Waals surface area (Å²) in [6, 6.07) is 21.6. The number of nitrogens with zero attached hydrogens (tertiary/aromatic N) is 2. The van der Waals surface area contributed by atoms with Crippen molar-refractivity contribution in [1.82, 2.24) is 9.80 Å². The Labute approximate surface area is 147 Å². The molecule has 0 aromatic heterocycles. The first-order chi connectivity index (χ1) is 11.8. The van der Waals surface area contributed by atoms with Crippen LogP contribution in [0.3, 0.4) is 0 Å². The van der Waals surface area contributed by atoms with Gasteiger partial charge in [-0.15, -0.1) is 0 Å². The summed E-state index contributed by atoms with van der Waals surface area (Å²) in [5.41, 5.74) is 2.42. The van der Waals surface area contributed by atoms with Gasteiger partial charge < -0.3 is 9.80 Å². The van der Waals surface area contributed by atoms with E-state index < -0.39 is 0 Å². The van der Waals surface area contributed by atoms with Gasteiger partial charge in [0.25, 0.3) is 0 Å². The first kappa shape index (κ1) is 15.6. The maximum absolute atomic E-state index is 13.2. The van der Waals surface area contributed by atoms with Crippen molar-refractivity contribution in [2.45, 2.75) is 31.6 Å². The van der Waals surface area contributed by atoms with Crippen LogP contribution in [0.5, 0.6) is 0 Å². The third kappa shape index (κ3) is 2.69. The van der Waals surface area contributed by atoms with Crippen LogP contribution in [-0.4, -0.2) is 39.4 Å². The predicted molar refractivity (Wildman–Crippen MR) is 99.0 cm³/mol. The zero-order valence-electron chi connectivity index (χ0n) is 13.8. The number of carbonyl (C=O) groups excluding carboxylic acids is 1. The largest absolute Gasteiger partial charge is 0.321 e. The molecule has 2 amide bonds. The van der Waals surface area contributed by atoms with Crippen LogP contribution in [0.2, 0.25) is 0 Å². The van der Waals surface area contributed by atoms with Crippen molar-refractivity contribution in [1.29, 1.82) is 0 Å². The number of hydrogen-bond donors (Lipinski definition) is 0. The third-order valence-electron chi connectivity index (χ3n) is 5.14. The second-order valence-corrected chi connectivity index (χ2v) is 7.64. The molecule has 2 aliphatic heterocycles. The lowest BCUT2D eigenvalue weighted by molar-refractivity contribution is 0.170. The van der Waals surface area contributed by atoms with Gasteiger partial charge in [0, 0.05) is 18.1 Å². The summed E-state index contributed by atoms with van der Waals surface area (Å²) in [6.45, 7) is 2.86. The molecule has 2 saturated heterocycles. The van der Waals surface area contributed by atoms with Crippen LogP contribution in [0.1, 0.15) is 24.1 Å². The first-order valence-corrected chi connectivity index (χ1v) is 9.66. The molecule has 2 aromatic carbocycles. The lowest BCUT2D eigenvalue weighted by Crippen LogP contribution is -2.38. The smallest absolute Gasteiger partial charge is 0.314 e. The molecular weight excluding hydrogens is 316 g/mol. The molecule has 2 aliphatic rings. The fraction of sp³-hybridized carbons (Fsp3) is 0.350. The molecule has 2 heterocycles. The zero-order chi connectivity index (χ0) is 16.5. The number of carbonyl (C=O) groups is 1. The maximum atomic E-state index is 13.2. The standard InChI is InChI=1S/C20H22N2OS/c1-15(17-10-6-3-7-11-17)22-19-14-24-13-18(19)21(20(22)23)12-16-8-4-2-5-9-16/h2-11,15,18-19H,12-14H2,1H3/t15-,18-,19+/m1/s1. The average molecular weight is 338 g/mol. The van der Waals surface area contributed by atoms with Gasteiger partial charge in [-0.05, 0) is 18.1 Å². The van der Waals surface area contributed by atoms with Crippen LogP contribution in [0.25, 0.3) is 0 Å². The molecule has 0 radical (unpaired) electrons. The number of thioether (sulfide) groups is 1. The molecule has 3 atom stereocenters. The van der Waals surface area contributed by atoms with Crippen molar-refractivity contribution in [3.8, 4) is 0 Å². The quantitative estimate of drug-likeness (QED) is 0.781. The van der Waals surface area contributed by atoms with E-state index in [4.69, 9.17) is 0 Å². The van der Waals surface area contributed by atoms with Gasteiger partial charge in [-0.2, -0.15) is 11.8 Å². The SMILES string of the molecule is C[C@H](c1ccccc1)N1C(=O)N(Cc2ccccc2)[C@@H]2CSC[C@@H]21. The van der Waals surface area contributed by atoms with Crippen LogP contribution in [0.15, 0.2) is 60.7 Å². The molecule has 2 fully saturated rings. The molecule has 0 aliphatic carbocycles. The molecule has 0 bridgehead atoms. The minimum Gasteiger partial charge on any atom is -0.314 e. The van der Waals surface area contributed by atoms with E-state index in [1.54, 1.807) is 0 Å². The van der Waals surface area contributed by atoms with Crippen LogP contribution in [-0.2, 0) is 6.54 Å². The highest BCUT2D eigenvalue weighted by atomic mass is 32.2. The van der Waals surface area contributed by atoms with Crippen LogP contribution in [0, 0.1) is 0 Å². The Balaban J connectivity index is 1.61. The van der Waals surface area contributed by atoms with Gasteiger partial charge in [0.1, 0.15) is 0 Å². The van der Waals surface area contributed by atoms with E-state index in [2.05, 4.69) is 53.1 Å². The van der Waals surface area contributed by atoms with Crippen LogP contribution < -0.4 is 0 Å². The molecule has 0 unspecified atom stereocenters. The molecule has 0 spiro atoms. The Kier molecular flexibility index (Phi) is 4.23. The summed E-state index contributed by atoms with van der Waals surface area (Å²) in [4.78, 5) is 17.4. The summed E-state index contributed by atoms with van der Waals surface area (Å²) in [6.07, 6.45) is 0. The van der Waals surface area contributed by atoms with Crippen molar-refractivity contribution in [3.05, 3.63) is 71.8 Å². The lowest BCUT2D eigenvalue weighted by atomic mass is 10.0. The number of amides is 2. The molecule has 2 aromatic rings. The number of rotatable bonds is 4. The van der Waals surface area contributed by atoms with E-state index in [0.29, 0.717) is 18.6 Å². The molecule has 0 N–H and O–H groups in total. The van der Waals surface area contributed by atoms with Gasteiger partial charge in [0.05, 0.1) is 18.1 Å². The van der Waals surface area contributed by atoms with Crippen molar-refractivity contribution in [2.75, 3.05) is 11.5 Å². The predicted octanol–water partition coefficient (Wildman–Crippen LogP) is 4.17. The highest BCUT2D eigenvalue weighted by Crippen LogP contribution is 2.39. The summed E-state index contributed by atoms with van der Waals surface area (Å²) in [5, 5.41) is 0. The lowest BCUT2D eigenvalue weighted by Gasteiger charge is -2.29. The maximum Gasteiger partial charge on any atom is 0.321 e. The second-order valence-electron chi connectivity index (χ2n) is 6.56. The van der Waals surface area contributed by atoms with E-state index in [9.17, 15) is 4.79 Å². The molecule has 4 heteroatoms. The molecular formula is C20H22N2OS. The Morgan fingerprint density at radius 1 is 1.00 bits per heavy atom. The fourth-order valence-electron chi connectivity index (χ4n) is 3.84. The average Bonchev–Trinajstić information content (AvgIpc) is 3.18. The Morgan fingerprint density at radius 2 is 1.62 bits per heavy atom. The van der Waals surface area contributed by atoms with Gasteiger partial charge in [-0.3, -0.25) is 0 Å². The normalized spacial score (nSPS) is 24.3. The number of hydrogen-bond acceptors (Lipinski definition) is 2. The van der Waals surface area contributed by atoms with E-state index in [0.717, 1.165) is 11.5 Å². The van der Waals surface area contributed by atoms with Crippen molar-refractivity contribution in [3.63, 3.8) is 0 Å². The zero-order valence-corrected chi connectivity index (χ0v) is 14.7. The number of urea groups is 1. The number of fused-ring (bicyclic) bond motifs is 1. The third-order valence-corrected chi connectivity index (χ3v) is 6.30. The summed E-state index contributed by atoms with van der Waals surface area (Å²) < 4.78 is 0. The van der Waals surface area contributed by atoms with Gasteiger partial charge in [0.15, 0.2) is 0 Å². The van der Waals surface area contributed by atoms with Crippen molar-refractivity contribution in [2.24, 2.45) is 0 Å². The molecule has 24 heavy (non-hydrogen) atoms. The van der Waals surface area contributed by atoms with Gasteiger partial charge in [0.2, 0.25) is 0 Å². The first-order valence-electron chi connectivity index (χ1n) is 8.51. The Hall–Kier alpha value is -1.94. The van der Waals surface area contributed by atoms with Crippen molar-refractivity contribution < 1.29 is 4.79 Å².